The SMILES string of the molecule is CO[C@@H]1CN(Cc2ccc([C@H](C)NC(C)=O)cc2)Cc2ccc(OCC3CC3)cc21.CO[C@H]1CN(Cc2ccc([C@H](C)NC(C)=O)cc2)Cc2ccc(OCC3CC3)cc21. The van der Waals surface area contributed by atoms with Crippen molar-refractivity contribution >= 4 is 11.8 Å². The van der Waals surface area contributed by atoms with Crippen LogP contribution in [0.4, 0.5) is 0 Å². The number of benzene rings is 4. The Kier molecular flexibility index (Phi) is 14.6. The van der Waals surface area contributed by atoms with E-state index in [9.17, 15) is 9.59 Å². The van der Waals surface area contributed by atoms with Crippen molar-refractivity contribution in [1.29, 1.82) is 0 Å². The van der Waals surface area contributed by atoms with Crippen LogP contribution < -0.4 is 20.1 Å². The summed E-state index contributed by atoms with van der Waals surface area (Å²) in [6.07, 6.45) is 5.30. The Morgan fingerprint density at radius 2 is 0.983 bits per heavy atom. The molecule has 4 atom stereocenters. The Morgan fingerprint density at radius 3 is 1.32 bits per heavy atom. The molecular weight excluding hydrogens is 753 g/mol. The van der Waals surface area contributed by atoms with Gasteiger partial charge < -0.3 is 29.6 Å². The number of rotatable bonds is 16. The van der Waals surface area contributed by atoms with Crippen molar-refractivity contribution in [3.05, 3.63) is 129 Å². The Morgan fingerprint density at radius 1 is 0.600 bits per heavy atom. The van der Waals surface area contributed by atoms with E-state index in [-0.39, 0.29) is 36.1 Å². The lowest BCUT2D eigenvalue weighted by Crippen LogP contribution is -2.34. The number of nitrogens with one attached hydrogen (secondary N) is 2. The number of amides is 2. The van der Waals surface area contributed by atoms with E-state index >= 15 is 0 Å². The van der Waals surface area contributed by atoms with Crippen LogP contribution in [0, 0.1) is 11.8 Å². The van der Waals surface area contributed by atoms with Gasteiger partial charge in [-0.1, -0.05) is 60.7 Å². The van der Waals surface area contributed by atoms with Crippen molar-refractivity contribution in [2.45, 2.75) is 104 Å². The summed E-state index contributed by atoms with van der Waals surface area (Å²) in [5.41, 5.74) is 9.87. The molecule has 0 saturated heterocycles. The first-order chi connectivity index (χ1) is 29.0. The summed E-state index contributed by atoms with van der Waals surface area (Å²) >= 11 is 0. The summed E-state index contributed by atoms with van der Waals surface area (Å²) in [6.45, 7) is 14.0. The summed E-state index contributed by atoms with van der Waals surface area (Å²) < 4.78 is 23.6. The average Bonchev–Trinajstić information content (AvgIpc) is 4.19. The Labute approximate surface area is 356 Å². The van der Waals surface area contributed by atoms with E-state index in [0.717, 1.165) is 86.9 Å². The van der Waals surface area contributed by atoms with Gasteiger partial charge in [-0.3, -0.25) is 19.4 Å². The zero-order valence-corrected chi connectivity index (χ0v) is 36.4. The minimum atomic E-state index is -0.00902. The molecule has 2 aliphatic carbocycles. The maximum atomic E-state index is 11.3. The number of hydrogen-bond acceptors (Lipinski definition) is 8. The van der Waals surface area contributed by atoms with Crippen molar-refractivity contribution in [2.24, 2.45) is 11.8 Å². The largest absolute Gasteiger partial charge is 0.493 e. The Hall–Kier alpha value is -4.74. The summed E-state index contributed by atoms with van der Waals surface area (Å²) in [5.74, 6) is 3.40. The number of carbonyl (C=O) groups excluding carboxylic acids is 2. The van der Waals surface area contributed by atoms with Gasteiger partial charge in [0.15, 0.2) is 0 Å². The number of nitrogens with zero attached hydrogens (tertiary/aromatic N) is 2. The van der Waals surface area contributed by atoms with Crippen LogP contribution in [0.2, 0.25) is 0 Å². The van der Waals surface area contributed by atoms with Gasteiger partial charge in [-0.05, 0) is 120 Å². The maximum Gasteiger partial charge on any atom is 0.217 e. The van der Waals surface area contributed by atoms with Crippen molar-refractivity contribution in [2.75, 3.05) is 40.5 Å². The molecule has 2 amide bonds. The third kappa shape index (κ3) is 12.2. The molecule has 0 radical (unpaired) electrons. The first-order valence-corrected chi connectivity index (χ1v) is 21.8. The van der Waals surface area contributed by atoms with Crippen molar-refractivity contribution < 1.29 is 28.5 Å². The summed E-state index contributed by atoms with van der Waals surface area (Å²) in [5, 5.41) is 5.86. The van der Waals surface area contributed by atoms with Crippen LogP contribution in [0.1, 0.15) is 122 Å². The third-order valence-corrected chi connectivity index (χ3v) is 12.1. The molecule has 2 N–H and O–H groups in total. The van der Waals surface area contributed by atoms with E-state index in [2.05, 4.69) is 105 Å². The fourth-order valence-corrected chi connectivity index (χ4v) is 8.25. The van der Waals surface area contributed by atoms with E-state index in [1.165, 1.54) is 59.1 Å². The lowest BCUT2D eigenvalue weighted by atomic mass is 9.96. The molecule has 8 rings (SSSR count). The number of ether oxygens (including phenoxy) is 4. The molecule has 0 aromatic heterocycles. The zero-order valence-electron chi connectivity index (χ0n) is 36.4. The third-order valence-electron chi connectivity index (χ3n) is 12.1. The van der Waals surface area contributed by atoms with E-state index in [4.69, 9.17) is 18.9 Å². The molecule has 2 aliphatic heterocycles. The highest BCUT2D eigenvalue weighted by Gasteiger charge is 2.29. The minimum absolute atomic E-state index is 0.00902. The van der Waals surface area contributed by atoms with E-state index in [0.29, 0.717) is 0 Å². The second-order valence-electron chi connectivity index (χ2n) is 17.3. The number of methoxy groups -OCH3 is 2. The summed E-state index contributed by atoms with van der Waals surface area (Å²) in [7, 11) is 3.57. The van der Waals surface area contributed by atoms with Gasteiger partial charge in [0.25, 0.3) is 0 Å². The van der Waals surface area contributed by atoms with Gasteiger partial charge in [0.2, 0.25) is 11.8 Å². The molecule has 0 spiro atoms. The Bertz CT molecular complexity index is 1900. The molecule has 2 fully saturated rings. The first-order valence-electron chi connectivity index (χ1n) is 21.8. The molecule has 2 heterocycles. The second-order valence-corrected chi connectivity index (χ2v) is 17.3. The van der Waals surface area contributed by atoms with Crippen molar-refractivity contribution in [1.82, 2.24) is 20.4 Å². The topological polar surface area (TPSA) is 102 Å². The molecule has 4 aromatic rings. The van der Waals surface area contributed by atoms with E-state index < -0.39 is 0 Å². The highest BCUT2D eigenvalue weighted by molar-refractivity contribution is 5.73. The van der Waals surface area contributed by atoms with Gasteiger partial charge in [-0.15, -0.1) is 0 Å². The van der Waals surface area contributed by atoms with Crippen LogP contribution >= 0.6 is 0 Å². The molecule has 10 nitrogen and oxygen atoms in total. The number of hydrogen-bond donors (Lipinski definition) is 2. The molecule has 4 aliphatic rings. The van der Waals surface area contributed by atoms with E-state index in [1.54, 1.807) is 28.1 Å². The molecule has 10 heteroatoms. The van der Waals surface area contributed by atoms with Gasteiger partial charge in [-0.25, -0.2) is 0 Å². The van der Waals surface area contributed by atoms with Crippen molar-refractivity contribution in [3.63, 3.8) is 0 Å². The average molecular weight is 817 g/mol. The fourth-order valence-electron chi connectivity index (χ4n) is 8.25. The van der Waals surface area contributed by atoms with Crippen LogP contribution in [-0.2, 0) is 45.2 Å². The lowest BCUT2D eigenvalue weighted by Gasteiger charge is -2.34. The summed E-state index contributed by atoms with van der Waals surface area (Å²) in [6, 6.07) is 30.0. The summed E-state index contributed by atoms with van der Waals surface area (Å²) in [4.78, 5) is 27.4. The predicted molar refractivity (Wildman–Crippen MR) is 234 cm³/mol. The van der Waals surface area contributed by atoms with Crippen LogP contribution in [0.25, 0.3) is 0 Å². The lowest BCUT2D eigenvalue weighted by molar-refractivity contribution is -0.120. The maximum absolute atomic E-state index is 11.3. The van der Waals surface area contributed by atoms with Crippen LogP contribution in [-0.4, -0.2) is 62.1 Å². The standard InChI is InChI=1S/2C25H32N2O3/c2*1-17(26-18(2)28)21-8-6-19(7-9-21)13-27-14-22-10-11-23(30-16-20-4-5-20)12-24(22)25(15-27)29-3/h2*6-12,17,20,25H,4-5,13-16H2,1-3H3,(H,26,28)/t17-,25+;17-,25-/m00/s1. The highest BCUT2D eigenvalue weighted by Crippen LogP contribution is 2.36. The minimum Gasteiger partial charge on any atom is -0.493 e. The van der Waals surface area contributed by atoms with Gasteiger partial charge in [0, 0.05) is 67.3 Å². The highest BCUT2D eigenvalue weighted by atomic mass is 16.5. The van der Waals surface area contributed by atoms with Crippen LogP contribution in [0.3, 0.4) is 0 Å². The smallest absolute Gasteiger partial charge is 0.217 e. The first kappa shape index (κ1) is 43.4. The molecule has 4 aromatic carbocycles. The zero-order chi connectivity index (χ0) is 42.2. The quantitative estimate of drug-likeness (QED) is 0.116. The molecule has 60 heavy (non-hydrogen) atoms. The number of carbonyl (C=O) groups is 2. The predicted octanol–water partition coefficient (Wildman–Crippen LogP) is 8.75. The van der Waals surface area contributed by atoms with E-state index in [1.807, 2.05) is 13.8 Å². The normalized spacial score (nSPS) is 19.8. The van der Waals surface area contributed by atoms with Gasteiger partial charge in [0.05, 0.1) is 37.5 Å². The van der Waals surface area contributed by atoms with Gasteiger partial charge in [0.1, 0.15) is 11.5 Å². The Balaban J connectivity index is 0.000000181. The molecule has 2 saturated carbocycles. The second kappa shape index (κ2) is 20.2. The number of fused-ring (bicyclic) bond motifs is 2. The van der Waals surface area contributed by atoms with Gasteiger partial charge in [-0.2, -0.15) is 0 Å². The monoisotopic (exact) mass is 816 g/mol. The molecular formula is C50H64N4O6. The van der Waals surface area contributed by atoms with Crippen LogP contribution in [0.5, 0.6) is 11.5 Å². The molecule has 0 unspecified atom stereocenters. The van der Waals surface area contributed by atoms with Gasteiger partial charge >= 0.3 is 0 Å². The molecule has 320 valence electrons. The fraction of sp³-hybridized carbons (Fsp3) is 0.480. The van der Waals surface area contributed by atoms with Crippen molar-refractivity contribution in [3.8, 4) is 11.5 Å². The van der Waals surface area contributed by atoms with Crippen LogP contribution in [0.15, 0.2) is 84.9 Å². The molecule has 0 bridgehead atoms.